The van der Waals surface area contributed by atoms with Crippen LogP contribution in [0.1, 0.15) is 0 Å². The maximum atomic E-state index is 9.50. The zero-order valence-electron chi connectivity index (χ0n) is 14.4. The second-order valence-corrected chi connectivity index (χ2v) is 6.39. The second-order valence-electron chi connectivity index (χ2n) is 6.39. The van der Waals surface area contributed by atoms with Crippen LogP contribution in [0.25, 0.3) is 32.6 Å². The molecule has 0 atom stereocenters. The fraction of sp³-hybridized carbons (Fsp3) is 0. The number of aromatic nitrogens is 1. The number of anilines is 2. The first-order chi connectivity index (χ1) is 12.8. The molecule has 0 spiro atoms. The number of aromatic hydroxyl groups is 1. The van der Waals surface area contributed by atoms with Gasteiger partial charge in [0.1, 0.15) is 5.75 Å². The molecule has 4 heteroatoms. The molecular formula is C23H17ClN2O. The van der Waals surface area contributed by atoms with Crippen LogP contribution in [0.5, 0.6) is 5.75 Å². The summed E-state index contributed by atoms with van der Waals surface area (Å²) in [4.78, 5) is 4.94. The van der Waals surface area contributed by atoms with Gasteiger partial charge in [-0.3, -0.25) is 0 Å². The van der Waals surface area contributed by atoms with Crippen molar-refractivity contribution in [3.05, 3.63) is 84.9 Å². The number of hydrogen-bond donors (Lipinski definition) is 2. The summed E-state index contributed by atoms with van der Waals surface area (Å²) in [7, 11) is 0. The number of pyridine rings is 1. The summed E-state index contributed by atoms with van der Waals surface area (Å²) in [6.07, 6.45) is 0. The normalized spacial score (nSPS) is 10.8. The van der Waals surface area contributed by atoms with E-state index >= 15 is 0 Å². The van der Waals surface area contributed by atoms with Crippen molar-refractivity contribution in [1.82, 2.24) is 4.98 Å². The number of nitrogens with one attached hydrogen (secondary N) is 1. The smallest absolute Gasteiger partial charge is 0.115 e. The highest BCUT2D eigenvalue weighted by Crippen LogP contribution is 2.33. The van der Waals surface area contributed by atoms with E-state index in [0.717, 1.165) is 44.0 Å². The standard InChI is InChI=1S/C23H16N2O.ClH/c26-19-12-10-18(11-13-19)24-21-7-3-5-15-8-9-17-14-16-4-1-2-6-20(16)25-23(17)22(15)21;/h1-14,24,26H;1H. The molecule has 4 aromatic carbocycles. The van der Waals surface area contributed by atoms with Crippen LogP contribution in [-0.2, 0) is 0 Å². The topological polar surface area (TPSA) is 45.1 Å². The van der Waals surface area contributed by atoms with Gasteiger partial charge in [0.25, 0.3) is 0 Å². The Hall–Kier alpha value is -3.30. The van der Waals surface area contributed by atoms with Gasteiger partial charge in [0.05, 0.1) is 11.0 Å². The van der Waals surface area contributed by atoms with Crippen LogP contribution in [0.4, 0.5) is 11.4 Å². The van der Waals surface area contributed by atoms with E-state index in [1.54, 1.807) is 12.1 Å². The van der Waals surface area contributed by atoms with Crippen LogP contribution in [-0.4, -0.2) is 10.1 Å². The minimum absolute atomic E-state index is 0. The van der Waals surface area contributed by atoms with Crippen molar-refractivity contribution in [3.8, 4) is 5.75 Å². The first-order valence-electron chi connectivity index (χ1n) is 8.55. The predicted octanol–water partition coefficient (Wildman–Crippen LogP) is 6.41. The molecule has 0 aliphatic carbocycles. The lowest BCUT2D eigenvalue weighted by atomic mass is 10.0. The highest BCUT2D eigenvalue weighted by atomic mass is 35.5. The molecule has 132 valence electrons. The van der Waals surface area contributed by atoms with Gasteiger partial charge in [-0.25, -0.2) is 4.98 Å². The number of hydrogen-bond acceptors (Lipinski definition) is 3. The van der Waals surface area contributed by atoms with Gasteiger partial charge < -0.3 is 10.4 Å². The van der Waals surface area contributed by atoms with E-state index in [2.05, 4.69) is 41.7 Å². The Kier molecular flexibility index (Phi) is 4.30. The number of halogens is 1. The van der Waals surface area contributed by atoms with Crippen LogP contribution in [0.15, 0.2) is 84.9 Å². The number of benzene rings is 4. The van der Waals surface area contributed by atoms with E-state index in [9.17, 15) is 5.11 Å². The Morgan fingerprint density at radius 3 is 2.30 bits per heavy atom. The fourth-order valence-electron chi connectivity index (χ4n) is 3.42. The Balaban J connectivity index is 0.00000180. The quantitative estimate of drug-likeness (QED) is 0.214. The third-order valence-corrected chi connectivity index (χ3v) is 4.68. The first kappa shape index (κ1) is 17.1. The summed E-state index contributed by atoms with van der Waals surface area (Å²) < 4.78 is 0. The van der Waals surface area contributed by atoms with Gasteiger partial charge in [-0.15, -0.1) is 12.4 Å². The summed E-state index contributed by atoms with van der Waals surface area (Å²) in [6, 6.07) is 27.9. The Morgan fingerprint density at radius 1 is 0.704 bits per heavy atom. The minimum Gasteiger partial charge on any atom is -0.508 e. The SMILES string of the molecule is Cl.Oc1ccc(Nc2cccc3ccc4cc5ccccc5nc4c23)cc1. The summed E-state index contributed by atoms with van der Waals surface area (Å²) in [6.45, 7) is 0. The fourth-order valence-corrected chi connectivity index (χ4v) is 3.42. The number of fused-ring (bicyclic) bond motifs is 4. The monoisotopic (exact) mass is 372 g/mol. The molecule has 3 nitrogen and oxygen atoms in total. The number of rotatable bonds is 2. The lowest BCUT2D eigenvalue weighted by molar-refractivity contribution is 0.475. The van der Waals surface area contributed by atoms with Crippen LogP contribution < -0.4 is 5.32 Å². The molecule has 0 saturated carbocycles. The third kappa shape index (κ3) is 3.03. The van der Waals surface area contributed by atoms with Crippen molar-refractivity contribution in [2.45, 2.75) is 0 Å². The molecule has 5 aromatic rings. The van der Waals surface area contributed by atoms with Crippen molar-refractivity contribution in [2.75, 3.05) is 5.32 Å². The summed E-state index contributed by atoms with van der Waals surface area (Å²) in [5, 5.41) is 17.5. The van der Waals surface area contributed by atoms with Gasteiger partial charge in [0, 0.05) is 27.5 Å². The molecule has 1 heterocycles. The van der Waals surface area contributed by atoms with E-state index < -0.39 is 0 Å². The molecule has 5 rings (SSSR count). The summed E-state index contributed by atoms with van der Waals surface area (Å²) in [5.74, 6) is 0.257. The number of phenols is 1. The molecule has 0 amide bonds. The van der Waals surface area contributed by atoms with Crippen LogP contribution in [0.3, 0.4) is 0 Å². The molecular weight excluding hydrogens is 356 g/mol. The maximum Gasteiger partial charge on any atom is 0.115 e. The molecule has 0 unspecified atom stereocenters. The molecule has 0 aliphatic rings. The summed E-state index contributed by atoms with van der Waals surface area (Å²) in [5.41, 5.74) is 3.91. The van der Waals surface area contributed by atoms with Crippen molar-refractivity contribution in [1.29, 1.82) is 0 Å². The number of nitrogens with zero attached hydrogens (tertiary/aromatic N) is 1. The molecule has 0 saturated heterocycles. The lowest BCUT2D eigenvalue weighted by Crippen LogP contribution is -1.93. The van der Waals surface area contributed by atoms with E-state index in [1.807, 2.05) is 36.4 Å². The first-order valence-corrected chi connectivity index (χ1v) is 8.55. The van der Waals surface area contributed by atoms with Gasteiger partial charge in [0.2, 0.25) is 0 Å². The van der Waals surface area contributed by atoms with E-state index in [1.165, 1.54) is 0 Å². The summed E-state index contributed by atoms with van der Waals surface area (Å²) >= 11 is 0. The van der Waals surface area contributed by atoms with Gasteiger partial charge in [-0.2, -0.15) is 0 Å². The maximum absolute atomic E-state index is 9.50. The van der Waals surface area contributed by atoms with Gasteiger partial charge in [-0.1, -0.05) is 42.5 Å². The highest BCUT2D eigenvalue weighted by Gasteiger charge is 2.09. The molecule has 27 heavy (non-hydrogen) atoms. The number of phenolic OH excluding ortho intramolecular Hbond substituents is 1. The molecule has 0 aliphatic heterocycles. The van der Waals surface area contributed by atoms with Crippen molar-refractivity contribution in [3.63, 3.8) is 0 Å². The van der Waals surface area contributed by atoms with Crippen LogP contribution in [0, 0.1) is 0 Å². The zero-order chi connectivity index (χ0) is 17.5. The Morgan fingerprint density at radius 2 is 1.44 bits per heavy atom. The number of para-hydroxylation sites is 1. The molecule has 1 aromatic heterocycles. The lowest BCUT2D eigenvalue weighted by Gasteiger charge is -2.12. The predicted molar refractivity (Wildman–Crippen MR) is 115 cm³/mol. The van der Waals surface area contributed by atoms with E-state index in [-0.39, 0.29) is 18.2 Å². The average molecular weight is 373 g/mol. The van der Waals surface area contributed by atoms with E-state index in [4.69, 9.17) is 4.98 Å². The Labute approximate surface area is 162 Å². The van der Waals surface area contributed by atoms with Crippen LogP contribution in [0.2, 0.25) is 0 Å². The van der Waals surface area contributed by atoms with E-state index in [0.29, 0.717) is 0 Å². The highest BCUT2D eigenvalue weighted by molar-refractivity contribution is 6.14. The van der Waals surface area contributed by atoms with Gasteiger partial charge in [-0.05, 0) is 47.9 Å². The van der Waals surface area contributed by atoms with Crippen molar-refractivity contribution >= 4 is 56.4 Å². The Bertz CT molecular complexity index is 1270. The average Bonchev–Trinajstić information content (AvgIpc) is 2.68. The second kappa shape index (κ2) is 6.78. The van der Waals surface area contributed by atoms with Gasteiger partial charge in [0.15, 0.2) is 0 Å². The van der Waals surface area contributed by atoms with Crippen LogP contribution >= 0.6 is 12.4 Å². The van der Waals surface area contributed by atoms with Crippen molar-refractivity contribution in [2.24, 2.45) is 0 Å². The zero-order valence-corrected chi connectivity index (χ0v) is 15.2. The molecule has 0 fully saturated rings. The largest absolute Gasteiger partial charge is 0.508 e. The van der Waals surface area contributed by atoms with Gasteiger partial charge >= 0.3 is 0 Å². The third-order valence-electron chi connectivity index (χ3n) is 4.68. The van der Waals surface area contributed by atoms with Crippen molar-refractivity contribution < 1.29 is 5.11 Å². The molecule has 0 bridgehead atoms. The molecule has 2 N–H and O–H groups in total. The minimum atomic E-state index is 0. The molecule has 0 radical (unpaired) electrons.